The van der Waals surface area contributed by atoms with Crippen LogP contribution in [0.3, 0.4) is 0 Å². The van der Waals surface area contributed by atoms with Crippen molar-refractivity contribution in [1.82, 2.24) is 0 Å². The summed E-state index contributed by atoms with van der Waals surface area (Å²) < 4.78 is 19.9. The highest BCUT2D eigenvalue weighted by Gasteiger charge is 2.56. The number of rotatable bonds is 3. The van der Waals surface area contributed by atoms with Crippen molar-refractivity contribution in [1.29, 1.82) is 0 Å². The number of carbonyl (C=O) groups is 2. The Bertz CT molecular complexity index is 554. The molecule has 5 heteroatoms. The number of halogens is 1. The van der Waals surface area contributed by atoms with E-state index in [1.807, 2.05) is 20.8 Å². The van der Waals surface area contributed by atoms with Gasteiger partial charge in [0.15, 0.2) is 0 Å². The Morgan fingerprint density at radius 1 is 1.22 bits per heavy atom. The van der Waals surface area contributed by atoms with Crippen molar-refractivity contribution in [2.24, 2.45) is 23.2 Å². The minimum Gasteiger partial charge on any atom is -0.476 e. The fourth-order valence-corrected chi connectivity index (χ4v) is 5.03. The number of hydrogen-bond donors (Lipinski definition) is 1. The van der Waals surface area contributed by atoms with Gasteiger partial charge in [0, 0.05) is 0 Å². The molecule has 0 aromatic heterocycles. The van der Waals surface area contributed by atoms with Gasteiger partial charge < -0.3 is 9.84 Å². The van der Waals surface area contributed by atoms with Crippen LogP contribution >= 0.6 is 0 Å². The van der Waals surface area contributed by atoms with Crippen LogP contribution in [0.4, 0.5) is 4.39 Å². The van der Waals surface area contributed by atoms with Gasteiger partial charge >= 0.3 is 11.9 Å². The fraction of sp³-hybridized carbons (Fsp3) is 0.778. The molecule has 0 aromatic rings. The van der Waals surface area contributed by atoms with Gasteiger partial charge in [-0.15, -0.1) is 0 Å². The molecule has 4 nitrogen and oxygen atoms in total. The molecule has 1 N–H and O–H groups in total. The van der Waals surface area contributed by atoms with Gasteiger partial charge in [0.1, 0.15) is 5.60 Å². The Morgan fingerprint density at radius 2 is 1.78 bits per heavy atom. The summed E-state index contributed by atoms with van der Waals surface area (Å²) in [5.74, 6) is -2.38. The third-order valence-electron chi connectivity index (χ3n) is 5.46. The summed E-state index contributed by atoms with van der Waals surface area (Å²) in [6.45, 7) is 5.99. The zero-order valence-corrected chi connectivity index (χ0v) is 14.0. The van der Waals surface area contributed by atoms with Crippen molar-refractivity contribution in [3.05, 3.63) is 11.4 Å². The lowest BCUT2D eigenvalue weighted by Crippen LogP contribution is -2.54. The molecule has 0 saturated heterocycles. The SMILES string of the molecule is CC(C)(C)CC(=O)OC12CC3CC(C1)C(=C(F)C(=O)O)C(C3)C2. The van der Waals surface area contributed by atoms with Gasteiger partial charge in [0.2, 0.25) is 5.83 Å². The van der Waals surface area contributed by atoms with Gasteiger partial charge in [-0.3, -0.25) is 4.79 Å². The summed E-state index contributed by atoms with van der Waals surface area (Å²) in [5.41, 5.74) is -0.156. The highest BCUT2D eigenvalue weighted by atomic mass is 19.1. The van der Waals surface area contributed by atoms with Crippen LogP contribution in [0.2, 0.25) is 0 Å². The van der Waals surface area contributed by atoms with Crippen LogP contribution in [-0.4, -0.2) is 22.6 Å². The molecular formula is C18H25FO4. The van der Waals surface area contributed by atoms with Gasteiger partial charge in [0.25, 0.3) is 0 Å². The minimum absolute atomic E-state index is 0.0835. The highest BCUT2D eigenvalue weighted by Crippen LogP contribution is 2.60. The van der Waals surface area contributed by atoms with Crippen molar-refractivity contribution in [2.75, 3.05) is 0 Å². The van der Waals surface area contributed by atoms with E-state index in [4.69, 9.17) is 9.84 Å². The van der Waals surface area contributed by atoms with Crippen LogP contribution in [0.15, 0.2) is 11.4 Å². The molecule has 0 heterocycles. The lowest BCUT2D eigenvalue weighted by Gasteiger charge is -2.56. The number of carbonyl (C=O) groups excluding carboxylic acids is 1. The molecule has 0 aromatic carbocycles. The maximum absolute atomic E-state index is 14.1. The molecule has 4 saturated carbocycles. The molecule has 4 aliphatic rings. The number of carboxylic acid groups (broad SMARTS) is 1. The predicted molar refractivity (Wildman–Crippen MR) is 82.2 cm³/mol. The number of esters is 1. The number of carboxylic acids is 1. The second-order valence-corrected chi connectivity index (χ2v) is 8.81. The highest BCUT2D eigenvalue weighted by molar-refractivity contribution is 5.85. The summed E-state index contributed by atoms with van der Waals surface area (Å²) in [5, 5.41) is 8.99. The third-order valence-corrected chi connectivity index (χ3v) is 5.46. The molecule has 4 bridgehead atoms. The maximum Gasteiger partial charge on any atom is 0.364 e. The Labute approximate surface area is 136 Å². The van der Waals surface area contributed by atoms with Crippen LogP contribution in [0, 0.1) is 23.2 Å². The summed E-state index contributed by atoms with van der Waals surface area (Å²) >= 11 is 0. The van der Waals surface area contributed by atoms with Crippen LogP contribution in [0.25, 0.3) is 0 Å². The van der Waals surface area contributed by atoms with E-state index in [2.05, 4.69) is 0 Å². The molecule has 2 unspecified atom stereocenters. The molecule has 2 atom stereocenters. The molecular weight excluding hydrogens is 299 g/mol. The Hall–Kier alpha value is -1.39. The van der Waals surface area contributed by atoms with Gasteiger partial charge in [-0.2, -0.15) is 4.39 Å². The molecule has 0 spiro atoms. The smallest absolute Gasteiger partial charge is 0.364 e. The number of aliphatic carboxylic acids is 1. The van der Waals surface area contributed by atoms with Gasteiger partial charge in [-0.1, -0.05) is 20.8 Å². The van der Waals surface area contributed by atoms with E-state index in [-0.39, 0.29) is 23.2 Å². The van der Waals surface area contributed by atoms with Gasteiger partial charge in [-0.25, -0.2) is 4.79 Å². The van der Waals surface area contributed by atoms with E-state index in [1.54, 1.807) is 0 Å². The quantitative estimate of drug-likeness (QED) is 0.632. The normalized spacial score (nSPS) is 35.3. The van der Waals surface area contributed by atoms with Crippen molar-refractivity contribution < 1.29 is 23.8 Å². The Balaban J connectivity index is 1.80. The van der Waals surface area contributed by atoms with E-state index < -0.39 is 17.4 Å². The van der Waals surface area contributed by atoms with E-state index in [9.17, 15) is 14.0 Å². The average molecular weight is 324 g/mol. The second-order valence-electron chi connectivity index (χ2n) is 8.81. The fourth-order valence-electron chi connectivity index (χ4n) is 5.03. The van der Waals surface area contributed by atoms with Gasteiger partial charge in [-0.05, 0) is 60.8 Å². The van der Waals surface area contributed by atoms with E-state index in [0.717, 1.165) is 19.3 Å². The average Bonchev–Trinajstić information content (AvgIpc) is 2.33. The third kappa shape index (κ3) is 3.15. The Kier molecular flexibility index (Phi) is 3.81. The van der Waals surface area contributed by atoms with E-state index in [1.165, 1.54) is 0 Å². The molecule has 4 aliphatic carbocycles. The standard InChI is InChI=1S/C18H25FO4/c1-17(2,3)9-13(20)23-18-6-10-4-11(7-18)14(12(5-10)8-18)15(19)16(21)22/h10-12H,4-9H2,1-3H3,(H,21,22). The molecule has 128 valence electrons. The zero-order chi connectivity index (χ0) is 17.0. The van der Waals surface area contributed by atoms with Crippen LogP contribution in [-0.2, 0) is 14.3 Å². The summed E-state index contributed by atoms with van der Waals surface area (Å²) in [6, 6.07) is 0. The second kappa shape index (κ2) is 5.32. The summed E-state index contributed by atoms with van der Waals surface area (Å²) in [4.78, 5) is 23.3. The first kappa shape index (κ1) is 16.5. The Morgan fingerprint density at radius 3 is 2.26 bits per heavy atom. The first-order valence-electron chi connectivity index (χ1n) is 8.43. The van der Waals surface area contributed by atoms with Crippen molar-refractivity contribution in [3.63, 3.8) is 0 Å². The lowest BCUT2D eigenvalue weighted by molar-refractivity contribution is -0.182. The van der Waals surface area contributed by atoms with Crippen LogP contribution < -0.4 is 0 Å². The molecule has 0 radical (unpaired) electrons. The van der Waals surface area contributed by atoms with Gasteiger partial charge in [0.05, 0.1) is 6.42 Å². The number of allylic oxidation sites excluding steroid dienone is 1. The molecule has 0 aliphatic heterocycles. The van der Waals surface area contributed by atoms with E-state index >= 15 is 0 Å². The summed E-state index contributed by atoms with van der Waals surface area (Å²) in [6.07, 6.45) is 4.01. The monoisotopic (exact) mass is 324 g/mol. The minimum atomic E-state index is -1.47. The predicted octanol–water partition coefficient (Wildman–Crippen LogP) is 3.85. The lowest BCUT2D eigenvalue weighted by atomic mass is 9.52. The van der Waals surface area contributed by atoms with Crippen molar-refractivity contribution in [2.45, 2.75) is 64.9 Å². The molecule has 4 fully saturated rings. The molecule has 23 heavy (non-hydrogen) atoms. The zero-order valence-electron chi connectivity index (χ0n) is 14.0. The summed E-state index contributed by atoms with van der Waals surface area (Å²) in [7, 11) is 0. The van der Waals surface area contributed by atoms with Crippen LogP contribution in [0.1, 0.15) is 59.3 Å². The van der Waals surface area contributed by atoms with Crippen molar-refractivity contribution >= 4 is 11.9 Å². The first-order chi connectivity index (χ1) is 10.6. The topological polar surface area (TPSA) is 63.6 Å². The number of hydrogen-bond acceptors (Lipinski definition) is 3. The van der Waals surface area contributed by atoms with E-state index in [0.29, 0.717) is 30.8 Å². The number of ether oxygens (including phenoxy) is 1. The first-order valence-corrected chi connectivity index (χ1v) is 8.43. The molecule has 4 rings (SSSR count). The molecule has 0 amide bonds. The van der Waals surface area contributed by atoms with Crippen molar-refractivity contribution in [3.8, 4) is 0 Å². The largest absolute Gasteiger partial charge is 0.476 e. The van der Waals surface area contributed by atoms with Crippen LogP contribution in [0.5, 0.6) is 0 Å². The maximum atomic E-state index is 14.1.